The Bertz CT molecular complexity index is 1180. The molecule has 0 unspecified atom stereocenters. The van der Waals surface area contributed by atoms with Crippen LogP contribution in [0.2, 0.25) is 10.0 Å². The zero-order valence-electron chi connectivity index (χ0n) is 22.2. The summed E-state index contributed by atoms with van der Waals surface area (Å²) in [6.07, 6.45) is 3.45. The smallest absolute Gasteiger partial charge is 0.323 e. The Morgan fingerprint density at radius 3 is 1.84 bits per heavy atom. The normalized spacial score (nSPS) is 28.9. The molecule has 38 heavy (non-hydrogen) atoms. The van der Waals surface area contributed by atoms with Crippen LogP contribution in [0.3, 0.4) is 0 Å². The van der Waals surface area contributed by atoms with Crippen LogP contribution in [0.15, 0.2) is 48.5 Å². The molecule has 2 heterocycles. The highest BCUT2D eigenvalue weighted by molar-refractivity contribution is 6.30. The van der Waals surface area contributed by atoms with Crippen molar-refractivity contribution >= 4 is 41.0 Å². The molecule has 1 saturated carbocycles. The highest BCUT2D eigenvalue weighted by Crippen LogP contribution is 2.53. The summed E-state index contributed by atoms with van der Waals surface area (Å²) in [5.41, 5.74) is 0.511. The summed E-state index contributed by atoms with van der Waals surface area (Å²) in [5.74, 6) is -2.29. The largest absolute Gasteiger partial charge is 0.468 e. The number of carbonyl (C=O) groups excluding carboxylic acids is 3. The van der Waals surface area contributed by atoms with Crippen molar-refractivity contribution in [3.63, 3.8) is 0 Å². The van der Waals surface area contributed by atoms with Crippen LogP contribution in [0.5, 0.6) is 0 Å². The third-order valence-electron chi connectivity index (χ3n) is 8.93. The SMILES string of the molecule is COC(=O)[C@@H]1NC(c2ccc(Cl)cc2)(c2ccc(Cl)cc2)[C@@H]2C(=O)N(C3CCC(C(C)(C)C)CC3)C(=O)[C@H]21. The van der Waals surface area contributed by atoms with E-state index in [1.165, 1.54) is 12.0 Å². The first-order chi connectivity index (χ1) is 18.0. The first kappa shape index (κ1) is 27.2. The predicted molar refractivity (Wildman–Crippen MR) is 147 cm³/mol. The zero-order valence-corrected chi connectivity index (χ0v) is 23.7. The third kappa shape index (κ3) is 4.35. The molecule has 3 aliphatic rings. The predicted octanol–water partition coefficient (Wildman–Crippen LogP) is 5.59. The molecule has 2 amide bonds. The number of nitrogens with zero attached hydrogens (tertiary/aromatic N) is 1. The molecule has 1 aliphatic carbocycles. The van der Waals surface area contributed by atoms with Gasteiger partial charge in [0.2, 0.25) is 11.8 Å². The van der Waals surface area contributed by atoms with Crippen LogP contribution in [0.1, 0.15) is 57.6 Å². The number of esters is 1. The van der Waals surface area contributed by atoms with E-state index in [-0.39, 0.29) is 23.3 Å². The fraction of sp³-hybridized carbons (Fsp3) is 0.500. The van der Waals surface area contributed by atoms with E-state index in [4.69, 9.17) is 27.9 Å². The molecule has 2 aliphatic heterocycles. The number of ether oxygens (including phenoxy) is 1. The molecule has 0 spiro atoms. The van der Waals surface area contributed by atoms with Crippen molar-refractivity contribution in [3.8, 4) is 0 Å². The number of fused-ring (bicyclic) bond motifs is 1. The standard InChI is InChI=1S/C30H34Cl2N2O4/c1-29(2,3)17-9-15-22(16-10-17)34-26(35)23-24(27(34)36)30(33-25(23)28(37)38-4,18-5-11-20(31)12-6-18)19-7-13-21(32)14-8-19/h5-8,11-14,17,22-25,33H,9-10,15-16H2,1-4H3/t17?,22?,23-,24+,25-/m1/s1. The van der Waals surface area contributed by atoms with Gasteiger partial charge in [0, 0.05) is 16.1 Å². The van der Waals surface area contributed by atoms with E-state index in [0.717, 1.165) is 36.8 Å². The van der Waals surface area contributed by atoms with Gasteiger partial charge in [-0.15, -0.1) is 0 Å². The highest BCUT2D eigenvalue weighted by atomic mass is 35.5. The number of imide groups is 1. The van der Waals surface area contributed by atoms with Gasteiger partial charge in [-0.3, -0.25) is 24.6 Å². The lowest BCUT2D eigenvalue weighted by Crippen LogP contribution is -2.53. The summed E-state index contributed by atoms with van der Waals surface area (Å²) in [6, 6.07) is 13.2. The number of benzene rings is 2. The van der Waals surface area contributed by atoms with E-state index in [2.05, 4.69) is 26.1 Å². The minimum atomic E-state index is -1.15. The van der Waals surface area contributed by atoms with Gasteiger partial charge >= 0.3 is 5.97 Å². The van der Waals surface area contributed by atoms with Crippen molar-refractivity contribution in [2.24, 2.45) is 23.2 Å². The highest BCUT2D eigenvalue weighted by Gasteiger charge is 2.68. The van der Waals surface area contributed by atoms with Gasteiger partial charge in [0.1, 0.15) is 6.04 Å². The van der Waals surface area contributed by atoms with Crippen LogP contribution in [-0.2, 0) is 24.7 Å². The molecule has 0 aromatic heterocycles. The zero-order chi connectivity index (χ0) is 27.4. The number of nitrogens with one attached hydrogen (secondary N) is 1. The van der Waals surface area contributed by atoms with E-state index in [9.17, 15) is 14.4 Å². The third-order valence-corrected chi connectivity index (χ3v) is 9.44. The van der Waals surface area contributed by atoms with E-state index < -0.39 is 29.4 Å². The van der Waals surface area contributed by atoms with Gasteiger partial charge in [-0.2, -0.15) is 0 Å². The molecule has 0 bridgehead atoms. The quantitative estimate of drug-likeness (QED) is 0.392. The molecule has 2 saturated heterocycles. The second-order valence-corrected chi connectivity index (χ2v) is 12.8. The van der Waals surface area contributed by atoms with Gasteiger partial charge < -0.3 is 4.74 Å². The van der Waals surface area contributed by atoms with Gasteiger partial charge in [0.05, 0.1) is 24.5 Å². The molecule has 3 fully saturated rings. The maximum absolute atomic E-state index is 14.4. The van der Waals surface area contributed by atoms with Gasteiger partial charge in [-0.1, -0.05) is 68.2 Å². The molecule has 6 nitrogen and oxygen atoms in total. The Labute approximate surface area is 234 Å². The van der Waals surface area contributed by atoms with Crippen LogP contribution >= 0.6 is 23.2 Å². The minimum Gasteiger partial charge on any atom is -0.468 e. The van der Waals surface area contributed by atoms with E-state index in [1.807, 2.05) is 24.3 Å². The summed E-state index contributed by atoms with van der Waals surface area (Å²) in [5, 5.41) is 4.50. The molecule has 0 radical (unpaired) electrons. The Morgan fingerprint density at radius 2 is 1.39 bits per heavy atom. The lowest BCUT2D eigenvalue weighted by atomic mass is 9.71. The summed E-state index contributed by atoms with van der Waals surface area (Å²) in [6.45, 7) is 6.73. The molecule has 8 heteroatoms. The van der Waals surface area contributed by atoms with Crippen LogP contribution in [0, 0.1) is 23.2 Å². The van der Waals surface area contributed by atoms with Gasteiger partial charge in [-0.05, 0) is 72.4 Å². The number of methoxy groups -OCH3 is 1. The summed E-state index contributed by atoms with van der Waals surface area (Å²) in [4.78, 5) is 43.0. The second kappa shape index (κ2) is 9.96. The number of rotatable bonds is 4. The second-order valence-electron chi connectivity index (χ2n) is 11.9. The van der Waals surface area contributed by atoms with Crippen molar-refractivity contribution in [1.29, 1.82) is 0 Å². The van der Waals surface area contributed by atoms with Crippen LogP contribution in [-0.4, -0.2) is 41.9 Å². The number of hydrogen-bond acceptors (Lipinski definition) is 5. The number of carbonyl (C=O) groups is 3. The first-order valence-corrected chi connectivity index (χ1v) is 14.0. The molecular formula is C30H34Cl2N2O4. The van der Waals surface area contributed by atoms with Crippen molar-refractivity contribution < 1.29 is 19.1 Å². The molecule has 5 rings (SSSR count). The van der Waals surface area contributed by atoms with Crippen molar-refractivity contribution in [2.45, 2.75) is 64.1 Å². The van der Waals surface area contributed by atoms with Crippen molar-refractivity contribution in [1.82, 2.24) is 10.2 Å². The van der Waals surface area contributed by atoms with E-state index >= 15 is 0 Å². The Kier molecular flexibility index (Phi) is 7.12. The average molecular weight is 558 g/mol. The van der Waals surface area contributed by atoms with Crippen LogP contribution in [0.25, 0.3) is 0 Å². The monoisotopic (exact) mass is 556 g/mol. The van der Waals surface area contributed by atoms with Crippen LogP contribution in [0.4, 0.5) is 0 Å². The van der Waals surface area contributed by atoms with E-state index in [1.54, 1.807) is 24.3 Å². The maximum Gasteiger partial charge on any atom is 0.323 e. The lowest BCUT2D eigenvalue weighted by molar-refractivity contribution is -0.150. The van der Waals surface area contributed by atoms with Gasteiger partial charge in [-0.25, -0.2) is 0 Å². The van der Waals surface area contributed by atoms with Crippen molar-refractivity contribution in [2.75, 3.05) is 7.11 Å². The number of hydrogen-bond donors (Lipinski definition) is 1. The van der Waals surface area contributed by atoms with Crippen LogP contribution < -0.4 is 5.32 Å². The average Bonchev–Trinajstić information content (AvgIpc) is 3.38. The summed E-state index contributed by atoms with van der Waals surface area (Å²) < 4.78 is 5.14. The topological polar surface area (TPSA) is 75.7 Å². The van der Waals surface area contributed by atoms with Gasteiger partial charge in [0.25, 0.3) is 0 Å². The fourth-order valence-corrected chi connectivity index (χ4v) is 7.19. The number of likely N-dealkylation sites (tertiary alicyclic amines) is 1. The fourth-order valence-electron chi connectivity index (χ4n) is 6.94. The maximum atomic E-state index is 14.4. The van der Waals surface area contributed by atoms with E-state index in [0.29, 0.717) is 16.0 Å². The Hall–Kier alpha value is -2.41. The first-order valence-electron chi connectivity index (χ1n) is 13.2. The Morgan fingerprint density at radius 1 is 0.895 bits per heavy atom. The molecule has 202 valence electrons. The minimum absolute atomic E-state index is 0.175. The van der Waals surface area contributed by atoms with Gasteiger partial charge in [0.15, 0.2) is 0 Å². The number of amides is 2. The molecule has 3 atom stereocenters. The summed E-state index contributed by atoms with van der Waals surface area (Å²) >= 11 is 12.4. The molecule has 2 aromatic rings. The lowest BCUT2D eigenvalue weighted by Gasteiger charge is -2.41. The van der Waals surface area contributed by atoms with Crippen molar-refractivity contribution in [3.05, 3.63) is 69.7 Å². The number of halogens is 2. The Balaban J connectivity index is 1.62. The molecular weight excluding hydrogens is 523 g/mol. The molecule has 1 N–H and O–H groups in total. The molecule has 2 aromatic carbocycles. The summed E-state index contributed by atoms with van der Waals surface area (Å²) in [7, 11) is 1.30.